The number of carbonyl (C=O) groups is 1. The van der Waals surface area contributed by atoms with Crippen LogP contribution in [0.4, 0.5) is 0 Å². The van der Waals surface area contributed by atoms with Crippen LogP contribution in [-0.4, -0.2) is 53.9 Å². The summed E-state index contributed by atoms with van der Waals surface area (Å²) in [5.74, 6) is 0.800. The minimum absolute atomic E-state index is 0. The van der Waals surface area contributed by atoms with E-state index in [0.29, 0.717) is 5.56 Å². The van der Waals surface area contributed by atoms with E-state index < -0.39 is 0 Å². The highest BCUT2D eigenvalue weighted by atomic mass is 35.5. The zero-order chi connectivity index (χ0) is 19.5. The quantitative estimate of drug-likeness (QED) is 0.636. The van der Waals surface area contributed by atoms with Crippen LogP contribution < -0.4 is 0 Å². The van der Waals surface area contributed by atoms with Gasteiger partial charge in [0.2, 0.25) is 0 Å². The number of carbonyl (C=O) groups excluding carboxylic acids is 1. The minimum atomic E-state index is 0. The van der Waals surface area contributed by atoms with Gasteiger partial charge >= 0.3 is 0 Å². The predicted molar refractivity (Wildman–Crippen MR) is 128 cm³/mol. The fourth-order valence-corrected chi connectivity index (χ4v) is 4.35. The van der Waals surface area contributed by atoms with Crippen LogP contribution in [0.1, 0.15) is 48.2 Å². The molecule has 6 heteroatoms. The van der Waals surface area contributed by atoms with Gasteiger partial charge in [0, 0.05) is 43.2 Å². The molecule has 0 N–H and O–H groups in total. The lowest BCUT2D eigenvalue weighted by atomic mass is 9.86. The van der Waals surface area contributed by atoms with E-state index in [9.17, 15) is 4.79 Å². The molecule has 30 heavy (non-hydrogen) atoms. The van der Waals surface area contributed by atoms with Gasteiger partial charge in [-0.15, -0.1) is 24.8 Å². The van der Waals surface area contributed by atoms with E-state index in [2.05, 4.69) is 17.0 Å². The summed E-state index contributed by atoms with van der Waals surface area (Å²) in [6.45, 7) is 2.54. The molecule has 2 fully saturated rings. The number of pyridine rings is 1. The van der Waals surface area contributed by atoms with E-state index >= 15 is 0 Å². The lowest BCUT2D eigenvalue weighted by Crippen LogP contribution is -2.45. The molecular weight excluding hydrogens is 417 g/mol. The van der Waals surface area contributed by atoms with Crippen LogP contribution in [0.5, 0.6) is 0 Å². The fraction of sp³-hybridized carbons (Fsp3) is 0.500. The van der Waals surface area contributed by atoms with Crippen LogP contribution in [0.15, 0.2) is 42.6 Å². The second kappa shape index (κ2) is 11.1. The summed E-state index contributed by atoms with van der Waals surface area (Å²) in [7, 11) is 3.55. The largest absolute Gasteiger partial charge is 0.345 e. The summed E-state index contributed by atoms with van der Waals surface area (Å²) in [4.78, 5) is 21.1. The first-order valence-electron chi connectivity index (χ1n) is 10.6. The second-order valence-electron chi connectivity index (χ2n) is 8.58. The number of hydrogen-bond donors (Lipinski definition) is 0. The number of rotatable bonds is 5. The SMILES string of the molecule is CN(C)C(=O)c1ccc(-c2ccc(CC3CCN(C4CCC4)CC3)nc2)cc1.Cl.Cl. The average molecular weight is 450 g/mol. The van der Waals surface area contributed by atoms with E-state index in [1.807, 2.05) is 30.5 Å². The Morgan fingerprint density at radius 1 is 0.967 bits per heavy atom. The number of benzene rings is 1. The van der Waals surface area contributed by atoms with Gasteiger partial charge in [-0.3, -0.25) is 9.78 Å². The first-order chi connectivity index (χ1) is 13.6. The first kappa shape index (κ1) is 24.6. The highest BCUT2D eigenvalue weighted by molar-refractivity contribution is 5.94. The number of piperidine rings is 1. The summed E-state index contributed by atoms with van der Waals surface area (Å²) >= 11 is 0. The van der Waals surface area contributed by atoms with Crippen molar-refractivity contribution in [2.24, 2.45) is 5.92 Å². The molecule has 2 aliphatic rings. The van der Waals surface area contributed by atoms with Gasteiger partial charge in [0.1, 0.15) is 0 Å². The third kappa shape index (κ3) is 5.75. The summed E-state index contributed by atoms with van der Waals surface area (Å²) in [6.07, 6.45) is 9.94. The molecule has 0 unspecified atom stereocenters. The smallest absolute Gasteiger partial charge is 0.253 e. The van der Waals surface area contributed by atoms with E-state index in [0.717, 1.165) is 29.5 Å². The lowest BCUT2D eigenvalue weighted by molar-refractivity contribution is 0.0827. The van der Waals surface area contributed by atoms with Crippen molar-refractivity contribution in [3.05, 3.63) is 53.9 Å². The molecule has 164 valence electrons. The molecule has 1 saturated carbocycles. The molecule has 1 aromatic carbocycles. The molecular formula is C24H33Cl2N3O. The van der Waals surface area contributed by atoms with Crippen molar-refractivity contribution in [1.82, 2.24) is 14.8 Å². The summed E-state index contributed by atoms with van der Waals surface area (Å²) in [5, 5.41) is 0. The number of aromatic nitrogens is 1. The van der Waals surface area contributed by atoms with Gasteiger partial charge in [-0.1, -0.05) is 24.6 Å². The van der Waals surface area contributed by atoms with Crippen molar-refractivity contribution in [2.45, 2.75) is 44.6 Å². The number of hydrogen-bond acceptors (Lipinski definition) is 3. The highest BCUT2D eigenvalue weighted by Crippen LogP contribution is 2.30. The van der Waals surface area contributed by atoms with E-state index in [1.165, 1.54) is 50.9 Å². The Hall–Kier alpha value is -1.62. The normalized spacial score (nSPS) is 17.4. The molecule has 1 aliphatic heterocycles. The molecule has 1 aliphatic carbocycles. The van der Waals surface area contributed by atoms with E-state index in [1.54, 1.807) is 19.0 Å². The molecule has 1 saturated heterocycles. The Labute approximate surface area is 192 Å². The van der Waals surface area contributed by atoms with Gasteiger partial charge in [-0.05, 0) is 74.9 Å². The summed E-state index contributed by atoms with van der Waals surface area (Å²) < 4.78 is 0. The van der Waals surface area contributed by atoms with E-state index in [-0.39, 0.29) is 30.7 Å². The van der Waals surface area contributed by atoms with E-state index in [4.69, 9.17) is 4.98 Å². The third-order valence-electron chi connectivity index (χ3n) is 6.43. The predicted octanol–water partition coefficient (Wildman–Crippen LogP) is 5.10. The standard InChI is InChI=1S/C24H31N3O.2ClH/c1-26(2)24(28)20-8-6-19(7-9-20)21-10-11-22(25-17-21)16-18-12-14-27(15-13-18)23-4-3-5-23;;/h6-11,17-18,23H,3-5,12-16H2,1-2H3;2*1H. The summed E-state index contributed by atoms with van der Waals surface area (Å²) in [5.41, 5.74) is 4.12. The van der Waals surface area contributed by atoms with Crippen molar-refractivity contribution < 1.29 is 4.79 Å². The van der Waals surface area contributed by atoms with Crippen molar-refractivity contribution in [2.75, 3.05) is 27.2 Å². The molecule has 2 aromatic rings. The molecule has 1 aromatic heterocycles. The Balaban J connectivity index is 0.00000160. The first-order valence-corrected chi connectivity index (χ1v) is 10.6. The Kier molecular flexibility index (Phi) is 9.14. The average Bonchev–Trinajstić information content (AvgIpc) is 2.68. The van der Waals surface area contributed by atoms with Gasteiger partial charge in [0.25, 0.3) is 5.91 Å². The van der Waals surface area contributed by atoms with Crippen molar-refractivity contribution in [3.63, 3.8) is 0 Å². The topological polar surface area (TPSA) is 36.4 Å². The molecule has 1 amide bonds. The highest BCUT2D eigenvalue weighted by Gasteiger charge is 2.28. The Morgan fingerprint density at radius 2 is 1.60 bits per heavy atom. The van der Waals surface area contributed by atoms with Crippen molar-refractivity contribution in [3.8, 4) is 11.1 Å². The Morgan fingerprint density at radius 3 is 2.10 bits per heavy atom. The third-order valence-corrected chi connectivity index (χ3v) is 6.43. The molecule has 2 heterocycles. The zero-order valence-corrected chi connectivity index (χ0v) is 19.6. The maximum absolute atomic E-state index is 12.0. The number of amides is 1. The van der Waals surface area contributed by atoms with Crippen molar-refractivity contribution in [1.29, 1.82) is 0 Å². The van der Waals surface area contributed by atoms with Gasteiger partial charge in [0.15, 0.2) is 0 Å². The van der Waals surface area contributed by atoms with Crippen LogP contribution in [-0.2, 0) is 6.42 Å². The fourth-order valence-electron chi connectivity index (χ4n) is 4.35. The molecule has 0 bridgehead atoms. The molecule has 4 rings (SSSR count). The van der Waals surface area contributed by atoms with Crippen LogP contribution in [0, 0.1) is 5.92 Å². The van der Waals surface area contributed by atoms with Crippen LogP contribution in [0.3, 0.4) is 0 Å². The maximum Gasteiger partial charge on any atom is 0.253 e. The molecule has 0 spiro atoms. The Bertz CT molecular complexity index is 796. The number of likely N-dealkylation sites (tertiary alicyclic amines) is 1. The second-order valence-corrected chi connectivity index (χ2v) is 8.58. The van der Waals surface area contributed by atoms with Crippen LogP contribution >= 0.6 is 24.8 Å². The van der Waals surface area contributed by atoms with Gasteiger partial charge in [-0.25, -0.2) is 0 Å². The monoisotopic (exact) mass is 449 g/mol. The van der Waals surface area contributed by atoms with Crippen molar-refractivity contribution >= 4 is 30.7 Å². The molecule has 0 radical (unpaired) electrons. The van der Waals surface area contributed by atoms with Gasteiger partial charge < -0.3 is 9.80 Å². The molecule has 4 nitrogen and oxygen atoms in total. The maximum atomic E-state index is 12.0. The van der Waals surface area contributed by atoms with Crippen LogP contribution in [0.2, 0.25) is 0 Å². The lowest BCUT2D eigenvalue weighted by Gasteiger charge is -2.41. The molecule has 0 atom stereocenters. The van der Waals surface area contributed by atoms with Gasteiger partial charge in [-0.2, -0.15) is 0 Å². The van der Waals surface area contributed by atoms with Gasteiger partial charge in [0.05, 0.1) is 0 Å². The van der Waals surface area contributed by atoms with Crippen LogP contribution in [0.25, 0.3) is 11.1 Å². The summed E-state index contributed by atoms with van der Waals surface area (Å²) in [6, 6.07) is 13.0. The minimum Gasteiger partial charge on any atom is -0.345 e. The number of nitrogens with zero attached hydrogens (tertiary/aromatic N) is 3. The zero-order valence-electron chi connectivity index (χ0n) is 17.9. The number of halogens is 2.